The zero-order valence-electron chi connectivity index (χ0n) is 20.3. The molecule has 2 saturated heterocycles. The molecule has 2 fully saturated rings. The molecule has 204 valence electrons. The van der Waals surface area contributed by atoms with Gasteiger partial charge in [0.15, 0.2) is 12.2 Å². The number of hydrogen-bond acceptors (Lipinski definition) is 7. The zero-order valence-corrected chi connectivity index (χ0v) is 21.9. The van der Waals surface area contributed by atoms with E-state index in [1.165, 1.54) is 4.90 Å². The quantitative estimate of drug-likeness (QED) is 0.421. The minimum absolute atomic E-state index is 0.00605. The highest BCUT2D eigenvalue weighted by atomic mass is 35.5. The van der Waals surface area contributed by atoms with Crippen molar-refractivity contribution in [1.82, 2.24) is 10.2 Å². The summed E-state index contributed by atoms with van der Waals surface area (Å²) in [4.78, 5) is 39.2. The Kier molecular flexibility index (Phi) is 9.45. The van der Waals surface area contributed by atoms with Crippen molar-refractivity contribution in [3.63, 3.8) is 0 Å². The fourth-order valence-electron chi connectivity index (χ4n) is 4.28. The number of hydrogen-bond donors (Lipinski definition) is 3. The highest BCUT2D eigenvalue weighted by Gasteiger charge is 2.43. The Balaban J connectivity index is 1.34. The van der Waals surface area contributed by atoms with Crippen molar-refractivity contribution in [3.05, 3.63) is 63.6 Å². The van der Waals surface area contributed by atoms with Crippen LogP contribution in [0.2, 0.25) is 10.0 Å². The molecule has 10 nitrogen and oxygen atoms in total. The van der Waals surface area contributed by atoms with Crippen LogP contribution in [0.3, 0.4) is 0 Å². The number of rotatable bonds is 9. The number of aliphatic carboxylic acids is 1. The number of ether oxygens (including phenoxy) is 3. The standard InChI is InChI=1S/C26H28Cl2N2O8/c27-19-2-1-3-20(28)18(19)13-36-17-6-4-15(5-7-17)12-21(26(34)35)29-24(32)22-23(38-14-37-22)25(33)30-10-8-16(31)9-11-30/h1-7,16,21-23,31H,8-14H2,(H,29,32)(H,34,35)/t21-,22+,23+/m0/s1. The highest BCUT2D eigenvalue weighted by Crippen LogP contribution is 2.26. The van der Waals surface area contributed by atoms with E-state index in [-0.39, 0.29) is 19.8 Å². The Morgan fingerprint density at radius 1 is 1.03 bits per heavy atom. The predicted octanol–water partition coefficient (Wildman–Crippen LogP) is 2.41. The first-order valence-corrected chi connectivity index (χ1v) is 12.9. The minimum Gasteiger partial charge on any atom is -0.489 e. The second-order valence-corrected chi connectivity index (χ2v) is 9.90. The van der Waals surface area contributed by atoms with E-state index < -0.39 is 42.1 Å². The van der Waals surface area contributed by atoms with Gasteiger partial charge in [0.25, 0.3) is 11.8 Å². The van der Waals surface area contributed by atoms with E-state index in [1.807, 2.05) is 0 Å². The molecule has 0 unspecified atom stereocenters. The number of halogens is 2. The van der Waals surface area contributed by atoms with Crippen molar-refractivity contribution in [2.75, 3.05) is 19.9 Å². The summed E-state index contributed by atoms with van der Waals surface area (Å²) in [6, 6.07) is 10.7. The summed E-state index contributed by atoms with van der Waals surface area (Å²) in [5, 5.41) is 22.8. The van der Waals surface area contributed by atoms with Crippen LogP contribution < -0.4 is 10.1 Å². The van der Waals surface area contributed by atoms with Crippen molar-refractivity contribution in [3.8, 4) is 5.75 Å². The smallest absolute Gasteiger partial charge is 0.326 e. The molecule has 2 aliphatic rings. The first-order chi connectivity index (χ1) is 18.2. The van der Waals surface area contributed by atoms with Gasteiger partial charge >= 0.3 is 5.97 Å². The molecule has 4 rings (SSSR count). The molecule has 0 bridgehead atoms. The SMILES string of the molecule is O=C(O)[C@H](Cc1ccc(OCc2c(Cl)cccc2Cl)cc1)NC(=O)[C@@H]1OCO[C@H]1C(=O)N1CCC(O)CC1. The number of piperidine rings is 1. The van der Waals surface area contributed by atoms with E-state index in [4.69, 9.17) is 37.4 Å². The molecule has 0 radical (unpaired) electrons. The van der Waals surface area contributed by atoms with Crippen LogP contribution in [0.1, 0.15) is 24.0 Å². The van der Waals surface area contributed by atoms with Crippen LogP contribution in [0.15, 0.2) is 42.5 Å². The van der Waals surface area contributed by atoms with E-state index in [1.54, 1.807) is 42.5 Å². The zero-order chi connectivity index (χ0) is 27.2. The van der Waals surface area contributed by atoms with Crippen molar-refractivity contribution < 1.29 is 38.8 Å². The Hall–Kier alpha value is -2.89. The third-order valence-electron chi connectivity index (χ3n) is 6.47. The van der Waals surface area contributed by atoms with Crippen LogP contribution in [0.5, 0.6) is 5.75 Å². The third kappa shape index (κ3) is 6.95. The summed E-state index contributed by atoms with van der Waals surface area (Å²) in [5.41, 5.74) is 1.30. The van der Waals surface area contributed by atoms with E-state index in [0.717, 1.165) is 0 Å². The largest absolute Gasteiger partial charge is 0.489 e. The summed E-state index contributed by atoms with van der Waals surface area (Å²) in [5.74, 6) is -1.88. The second kappa shape index (κ2) is 12.8. The van der Waals surface area contributed by atoms with E-state index in [2.05, 4.69) is 5.32 Å². The van der Waals surface area contributed by atoms with Gasteiger partial charge in [0.2, 0.25) is 0 Å². The Morgan fingerprint density at radius 2 is 1.66 bits per heavy atom. The maximum absolute atomic E-state index is 12.9. The molecule has 2 amide bonds. The lowest BCUT2D eigenvalue weighted by molar-refractivity contribution is -0.148. The summed E-state index contributed by atoms with van der Waals surface area (Å²) in [7, 11) is 0. The number of aliphatic hydroxyl groups excluding tert-OH is 1. The fourth-order valence-corrected chi connectivity index (χ4v) is 4.78. The second-order valence-electron chi connectivity index (χ2n) is 9.09. The van der Waals surface area contributed by atoms with Gasteiger partial charge in [0, 0.05) is 35.1 Å². The normalized spacial score (nSPS) is 20.7. The molecule has 3 atom stereocenters. The summed E-state index contributed by atoms with van der Waals surface area (Å²) in [6.07, 6.45) is -2.04. The lowest BCUT2D eigenvalue weighted by Gasteiger charge is -2.32. The van der Waals surface area contributed by atoms with Crippen LogP contribution in [0.4, 0.5) is 0 Å². The third-order valence-corrected chi connectivity index (χ3v) is 7.18. The molecule has 0 saturated carbocycles. The summed E-state index contributed by atoms with van der Waals surface area (Å²) >= 11 is 12.3. The molecule has 2 aromatic carbocycles. The molecule has 2 aromatic rings. The van der Waals surface area contributed by atoms with Crippen molar-refractivity contribution in [1.29, 1.82) is 0 Å². The van der Waals surface area contributed by atoms with E-state index >= 15 is 0 Å². The lowest BCUT2D eigenvalue weighted by Crippen LogP contribution is -2.54. The molecular weight excluding hydrogens is 539 g/mol. The minimum atomic E-state index is -1.27. The number of carboxylic acid groups (broad SMARTS) is 1. The summed E-state index contributed by atoms with van der Waals surface area (Å²) in [6.45, 7) is 0.588. The Bertz CT molecular complexity index is 1130. The van der Waals surface area contributed by atoms with Gasteiger partial charge in [0.05, 0.1) is 6.10 Å². The van der Waals surface area contributed by atoms with Gasteiger partial charge in [-0.15, -0.1) is 0 Å². The molecule has 2 aliphatic heterocycles. The van der Waals surface area contributed by atoms with Crippen LogP contribution in [-0.4, -0.2) is 77.1 Å². The van der Waals surface area contributed by atoms with Crippen LogP contribution >= 0.6 is 23.2 Å². The number of carboxylic acids is 1. The van der Waals surface area contributed by atoms with Gasteiger partial charge in [-0.2, -0.15) is 0 Å². The van der Waals surface area contributed by atoms with Gasteiger partial charge in [-0.05, 0) is 42.7 Å². The van der Waals surface area contributed by atoms with Crippen LogP contribution in [-0.2, 0) is 36.9 Å². The monoisotopic (exact) mass is 566 g/mol. The predicted molar refractivity (Wildman–Crippen MR) is 137 cm³/mol. The van der Waals surface area contributed by atoms with Crippen molar-refractivity contribution >= 4 is 41.0 Å². The van der Waals surface area contributed by atoms with E-state index in [9.17, 15) is 24.6 Å². The van der Waals surface area contributed by atoms with Crippen LogP contribution in [0, 0.1) is 0 Å². The number of nitrogens with zero attached hydrogens (tertiary/aromatic N) is 1. The number of carbonyl (C=O) groups is 3. The molecule has 0 aromatic heterocycles. The van der Waals surface area contributed by atoms with Crippen molar-refractivity contribution in [2.24, 2.45) is 0 Å². The molecule has 38 heavy (non-hydrogen) atoms. The Morgan fingerprint density at radius 3 is 2.29 bits per heavy atom. The lowest BCUT2D eigenvalue weighted by atomic mass is 10.0. The number of aliphatic hydroxyl groups is 1. The average molecular weight is 567 g/mol. The van der Waals surface area contributed by atoms with Gasteiger partial charge in [-0.25, -0.2) is 4.79 Å². The molecule has 0 spiro atoms. The number of carbonyl (C=O) groups excluding carboxylic acids is 2. The molecule has 12 heteroatoms. The van der Waals surface area contributed by atoms with Gasteiger partial charge in [0.1, 0.15) is 25.2 Å². The van der Waals surface area contributed by atoms with E-state index in [0.29, 0.717) is 52.9 Å². The van der Waals surface area contributed by atoms with Gasteiger partial charge in [-0.3, -0.25) is 9.59 Å². The number of likely N-dealkylation sites (tertiary alicyclic amines) is 1. The first kappa shape index (κ1) is 28.1. The molecule has 2 heterocycles. The Labute approximate surface area is 229 Å². The van der Waals surface area contributed by atoms with Gasteiger partial charge in [-0.1, -0.05) is 41.4 Å². The first-order valence-electron chi connectivity index (χ1n) is 12.1. The maximum atomic E-state index is 12.9. The topological polar surface area (TPSA) is 135 Å². The molecule has 3 N–H and O–H groups in total. The van der Waals surface area contributed by atoms with Gasteiger partial charge < -0.3 is 34.6 Å². The number of nitrogens with one attached hydrogen (secondary N) is 1. The highest BCUT2D eigenvalue weighted by molar-refractivity contribution is 6.35. The summed E-state index contributed by atoms with van der Waals surface area (Å²) < 4.78 is 16.4. The molecule has 0 aliphatic carbocycles. The van der Waals surface area contributed by atoms with Crippen LogP contribution in [0.25, 0.3) is 0 Å². The maximum Gasteiger partial charge on any atom is 0.326 e. The number of benzene rings is 2. The number of amides is 2. The fraction of sp³-hybridized carbons (Fsp3) is 0.423. The molecular formula is C26H28Cl2N2O8. The van der Waals surface area contributed by atoms with Crippen molar-refractivity contribution in [2.45, 2.75) is 50.2 Å². The average Bonchev–Trinajstić information content (AvgIpc) is 3.39.